The fourth-order valence-electron chi connectivity index (χ4n) is 4.52. The number of hydrogen-bond acceptors (Lipinski definition) is 1. The molecule has 0 saturated heterocycles. The second-order valence-electron chi connectivity index (χ2n) is 8.70. The molecule has 2 nitrogen and oxygen atoms in total. The summed E-state index contributed by atoms with van der Waals surface area (Å²) < 4.78 is 0.752. The number of hydrogen-bond donors (Lipinski definition) is 0. The molecule has 1 amide bonds. The Kier molecular flexibility index (Phi) is 18.7. The number of quaternary nitrogens is 1. The van der Waals surface area contributed by atoms with Gasteiger partial charge < -0.3 is 0 Å². The molecule has 0 radical (unpaired) electrons. The summed E-state index contributed by atoms with van der Waals surface area (Å²) >= 11 is 0. The Hall–Kier alpha value is -0.370. The molecule has 0 unspecified atom stereocenters. The van der Waals surface area contributed by atoms with Crippen molar-refractivity contribution < 1.29 is 9.28 Å². The van der Waals surface area contributed by atoms with Gasteiger partial charge in [-0.1, -0.05) is 105 Å². The number of carbonyl (C=O) groups excluding carboxylic acids is 1. The van der Waals surface area contributed by atoms with Crippen molar-refractivity contribution in [1.29, 1.82) is 0 Å². The van der Waals surface area contributed by atoms with Crippen LogP contribution in [0.2, 0.25) is 0 Å². The van der Waals surface area contributed by atoms with Gasteiger partial charge in [-0.2, -0.15) is 0 Å². The summed E-state index contributed by atoms with van der Waals surface area (Å²) in [6.45, 7) is 12.1. The van der Waals surface area contributed by atoms with E-state index in [9.17, 15) is 4.79 Å². The topological polar surface area (TPSA) is 17.1 Å². The summed E-state index contributed by atoms with van der Waals surface area (Å²) in [7, 11) is 0. The maximum atomic E-state index is 12.9. The molecule has 0 bridgehead atoms. The van der Waals surface area contributed by atoms with E-state index in [-0.39, 0.29) is 0 Å². The Morgan fingerprint density at radius 1 is 0.481 bits per heavy atom. The summed E-state index contributed by atoms with van der Waals surface area (Å²) in [6.07, 6.45) is 21.9. The number of amides is 1. The second-order valence-corrected chi connectivity index (χ2v) is 8.70. The van der Waals surface area contributed by atoms with Crippen LogP contribution in [-0.4, -0.2) is 30.0 Å². The van der Waals surface area contributed by atoms with Gasteiger partial charge in [0.25, 0.3) is 0 Å². The first-order valence-electron chi connectivity index (χ1n) is 12.6. The summed E-state index contributed by atoms with van der Waals surface area (Å²) in [4.78, 5) is 12.9. The first-order valence-corrected chi connectivity index (χ1v) is 12.6. The highest BCUT2D eigenvalue weighted by Crippen LogP contribution is 2.18. The third-order valence-electron chi connectivity index (χ3n) is 5.98. The van der Waals surface area contributed by atoms with Crippen molar-refractivity contribution in [2.45, 2.75) is 137 Å². The summed E-state index contributed by atoms with van der Waals surface area (Å²) in [5.41, 5.74) is 0. The van der Waals surface area contributed by atoms with Crippen molar-refractivity contribution in [3.63, 3.8) is 0 Å². The van der Waals surface area contributed by atoms with Gasteiger partial charge in [0.1, 0.15) is 0 Å². The van der Waals surface area contributed by atoms with Crippen molar-refractivity contribution in [3.8, 4) is 0 Å². The molecule has 0 aromatic rings. The maximum absolute atomic E-state index is 12.9. The molecule has 0 fully saturated rings. The van der Waals surface area contributed by atoms with Crippen molar-refractivity contribution in [2.24, 2.45) is 0 Å². The number of carbonyl (C=O) groups is 1. The smallest absolute Gasteiger partial charge is 0.261 e. The largest absolute Gasteiger partial charge is 0.313 e. The van der Waals surface area contributed by atoms with Crippen LogP contribution in [0.4, 0.5) is 0 Å². The predicted molar refractivity (Wildman–Crippen MR) is 121 cm³/mol. The molecule has 0 spiro atoms. The van der Waals surface area contributed by atoms with E-state index in [4.69, 9.17) is 0 Å². The molecular weight excluding hydrogens is 330 g/mol. The van der Waals surface area contributed by atoms with E-state index in [1.807, 2.05) is 0 Å². The van der Waals surface area contributed by atoms with E-state index in [0.29, 0.717) is 5.91 Å². The second kappa shape index (κ2) is 19.0. The Morgan fingerprint density at radius 2 is 0.815 bits per heavy atom. The molecule has 0 atom stereocenters. The van der Waals surface area contributed by atoms with Crippen LogP contribution >= 0.6 is 0 Å². The van der Waals surface area contributed by atoms with Gasteiger partial charge in [-0.3, -0.25) is 4.48 Å². The fraction of sp³-hybridized carbons (Fsp3) is 0.960. The SMILES string of the molecule is CCCCCCCCCCCCCCCC(=O)[N+](CCC)(CCC)CCC. The monoisotopic (exact) mass is 382 g/mol. The Bertz CT molecular complexity index is 309. The number of rotatable bonds is 20. The lowest BCUT2D eigenvalue weighted by Gasteiger charge is -2.35. The van der Waals surface area contributed by atoms with Gasteiger partial charge >= 0.3 is 5.91 Å². The minimum atomic E-state index is 0.517. The normalized spacial score (nSPS) is 11.9. The van der Waals surface area contributed by atoms with Gasteiger partial charge in [-0.15, -0.1) is 0 Å². The van der Waals surface area contributed by atoms with E-state index in [1.165, 1.54) is 77.0 Å². The van der Waals surface area contributed by atoms with Crippen LogP contribution in [0.15, 0.2) is 0 Å². The molecule has 0 saturated carbocycles. The molecule has 0 rings (SSSR count). The Labute approximate surface area is 172 Å². The first kappa shape index (κ1) is 26.6. The standard InChI is InChI=1S/C25H52NO/c1-5-9-10-11-12-13-14-15-16-17-18-19-20-21-25(27)26(22-6-2,23-7-3)24-8-4/h5-24H2,1-4H3/q+1. The van der Waals surface area contributed by atoms with E-state index in [1.54, 1.807) is 0 Å². The lowest BCUT2D eigenvalue weighted by Crippen LogP contribution is -2.54. The summed E-state index contributed by atoms with van der Waals surface area (Å²) in [5, 5.41) is 0. The predicted octanol–water partition coefficient (Wildman–Crippen LogP) is 8.04. The minimum Gasteiger partial charge on any atom is -0.261 e. The lowest BCUT2D eigenvalue weighted by atomic mass is 10.0. The molecule has 0 aromatic carbocycles. The van der Waals surface area contributed by atoms with Crippen LogP contribution in [0.1, 0.15) is 137 Å². The van der Waals surface area contributed by atoms with Crippen LogP contribution in [-0.2, 0) is 4.79 Å². The molecule has 0 aliphatic carbocycles. The Balaban J connectivity index is 3.73. The van der Waals surface area contributed by atoms with Crippen molar-refractivity contribution in [3.05, 3.63) is 0 Å². The van der Waals surface area contributed by atoms with Crippen LogP contribution in [0, 0.1) is 0 Å². The van der Waals surface area contributed by atoms with Gasteiger partial charge in [0.15, 0.2) is 0 Å². The Morgan fingerprint density at radius 3 is 1.15 bits per heavy atom. The number of unbranched alkanes of at least 4 members (excludes halogenated alkanes) is 12. The van der Waals surface area contributed by atoms with Crippen LogP contribution in [0.5, 0.6) is 0 Å². The third-order valence-corrected chi connectivity index (χ3v) is 5.98. The fourth-order valence-corrected chi connectivity index (χ4v) is 4.52. The van der Waals surface area contributed by atoms with Crippen molar-refractivity contribution >= 4 is 5.91 Å². The molecule has 27 heavy (non-hydrogen) atoms. The quantitative estimate of drug-likeness (QED) is 0.154. The van der Waals surface area contributed by atoms with Gasteiger partial charge in [-0.05, 0) is 25.7 Å². The van der Waals surface area contributed by atoms with E-state index in [0.717, 1.165) is 56.2 Å². The van der Waals surface area contributed by atoms with Crippen molar-refractivity contribution in [1.82, 2.24) is 0 Å². The van der Waals surface area contributed by atoms with Gasteiger partial charge in [0.05, 0.1) is 26.1 Å². The zero-order valence-electron chi connectivity index (χ0n) is 19.5. The van der Waals surface area contributed by atoms with Crippen LogP contribution < -0.4 is 0 Å². The molecular formula is C25H52NO+. The van der Waals surface area contributed by atoms with E-state index >= 15 is 0 Å². The van der Waals surface area contributed by atoms with Gasteiger partial charge in [0.2, 0.25) is 0 Å². The highest BCUT2D eigenvalue weighted by molar-refractivity contribution is 5.69. The summed E-state index contributed by atoms with van der Waals surface area (Å²) in [6, 6.07) is 0. The highest BCUT2D eigenvalue weighted by Gasteiger charge is 2.33. The zero-order valence-corrected chi connectivity index (χ0v) is 19.5. The lowest BCUT2D eigenvalue weighted by molar-refractivity contribution is -0.855. The van der Waals surface area contributed by atoms with Gasteiger partial charge in [0, 0.05) is 0 Å². The summed E-state index contributed by atoms with van der Waals surface area (Å²) in [5.74, 6) is 0.517. The zero-order chi connectivity index (χ0) is 20.2. The molecule has 0 N–H and O–H groups in total. The van der Waals surface area contributed by atoms with Crippen molar-refractivity contribution in [2.75, 3.05) is 19.6 Å². The molecule has 0 aliphatic heterocycles. The molecule has 2 heteroatoms. The highest BCUT2D eigenvalue weighted by atomic mass is 16.2. The molecule has 0 aromatic heterocycles. The minimum absolute atomic E-state index is 0.517. The average Bonchev–Trinajstić information content (AvgIpc) is 2.65. The average molecular weight is 383 g/mol. The van der Waals surface area contributed by atoms with Crippen LogP contribution in [0.3, 0.4) is 0 Å². The van der Waals surface area contributed by atoms with Gasteiger partial charge in [-0.25, -0.2) is 4.79 Å². The molecule has 0 aliphatic rings. The van der Waals surface area contributed by atoms with Crippen LogP contribution in [0.25, 0.3) is 0 Å². The maximum Gasteiger partial charge on any atom is 0.313 e. The van der Waals surface area contributed by atoms with E-state index in [2.05, 4.69) is 27.7 Å². The van der Waals surface area contributed by atoms with E-state index < -0.39 is 0 Å². The first-order chi connectivity index (χ1) is 13.2. The molecule has 0 heterocycles. The molecule has 162 valence electrons. The third kappa shape index (κ3) is 13.4. The number of nitrogens with zero attached hydrogens (tertiary/aromatic N) is 1.